The number of unbranched alkanes of at least 4 members (excludes halogenated alkanes) is 2. The van der Waals surface area contributed by atoms with Crippen LogP contribution in [0.2, 0.25) is 0 Å². The molecule has 0 unspecified atom stereocenters. The topological polar surface area (TPSA) is 32.3 Å². The Morgan fingerprint density at radius 3 is 2.40 bits per heavy atom. The van der Waals surface area contributed by atoms with Gasteiger partial charge in [0.15, 0.2) is 0 Å². The molecule has 0 saturated carbocycles. The van der Waals surface area contributed by atoms with Gasteiger partial charge >= 0.3 is 0 Å². The smallest absolute Gasteiger partial charge is 0.0431 e. The van der Waals surface area contributed by atoms with Crippen LogP contribution in [0.5, 0.6) is 0 Å². The second kappa shape index (κ2) is 7.03. The second-order valence-corrected chi connectivity index (χ2v) is 2.89. The Labute approximate surface area is 63.6 Å². The number of hydrogen-bond acceptors (Lipinski definition) is 2. The van der Waals surface area contributed by atoms with Crippen LogP contribution in [-0.2, 0) is 0 Å². The Kier molecular flexibility index (Phi) is 6.98. The zero-order valence-electron chi connectivity index (χ0n) is 7.06. The third-order valence-corrected chi connectivity index (χ3v) is 1.39. The molecule has 0 radical (unpaired) electrons. The van der Waals surface area contributed by atoms with Crippen LogP contribution < -0.4 is 5.32 Å². The molecule has 0 spiro atoms. The van der Waals surface area contributed by atoms with Crippen LogP contribution in [0.4, 0.5) is 0 Å². The fraction of sp³-hybridized carbons (Fsp3) is 1.00. The van der Waals surface area contributed by atoms with Gasteiger partial charge < -0.3 is 10.4 Å². The molecule has 0 amide bonds. The SMILES string of the molecule is CC(C)NCCCCCO. The monoisotopic (exact) mass is 145 g/mol. The Balaban J connectivity index is 2.77. The zero-order valence-corrected chi connectivity index (χ0v) is 7.06. The summed E-state index contributed by atoms with van der Waals surface area (Å²) in [5.41, 5.74) is 0. The lowest BCUT2D eigenvalue weighted by atomic mass is 10.2. The molecule has 0 aliphatic carbocycles. The van der Waals surface area contributed by atoms with E-state index >= 15 is 0 Å². The molecule has 0 saturated heterocycles. The Hall–Kier alpha value is -0.0800. The highest BCUT2D eigenvalue weighted by molar-refractivity contribution is 4.52. The molecular weight excluding hydrogens is 126 g/mol. The van der Waals surface area contributed by atoms with Crippen molar-refractivity contribution < 1.29 is 5.11 Å². The van der Waals surface area contributed by atoms with Crippen LogP contribution in [0.3, 0.4) is 0 Å². The summed E-state index contributed by atoms with van der Waals surface area (Å²) in [6.07, 6.45) is 3.26. The summed E-state index contributed by atoms with van der Waals surface area (Å²) in [4.78, 5) is 0. The highest BCUT2D eigenvalue weighted by Gasteiger charge is 1.90. The third kappa shape index (κ3) is 7.92. The fourth-order valence-electron chi connectivity index (χ4n) is 0.804. The van der Waals surface area contributed by atoms with E-state index in [0.717, 1.165) is 19.4 Å². The normalized spacial score (nSPS) is 10.8. The first-order chi connectivity index (χ1) is 4.77. The van der Waals surface area contributed by atoms with Crippen LogP contribution in [0.15, 0.2) is 0 Å². The van der Waals surface area contributed by atoms with Crippen molar-refractivity contribution >= 4 is 0 Å². The van der Waals surface area contributed by atoms with Crippen molar-refractivity contribution in [2.45, 2.75) is 39.2 Å². The number of rotatable bonds is 6. The average Bonchev–Trinajstić information content (AvgIpc) is 1.87. The first-order valence-electron chi connectivity index (χ1n) is 4.11. The number of aliphatic hydroxyl groups is 1. The molecule has 2 heteroatoms. The summed E-state index contributed by atoms with van der Waals surface area (Å²) in [5, 5.41) is 11.8. The van der Waals surface area contributed by atoms with Crippen LogP contribution in [0.25, 0.3) is 0 Å². The van der Waals surface area contributed by atoms with E-state index in [2.05, 4.69) is 19.2 Å². The molecular formula is C8H19NO. The fourth-order valence-corrected chi connectivity index (χ4v) is 0.804. The molecule has 0 aliphatic heterocycles. The van der Waals surface area contributed by atoms with E-state index in [9.17, 15) is 0 Å². The van der Waals surface area contributed by atoms with Crippen molar-refractivity contribution in [1.29, 1.82) is 0 Å². The minimum Gasteiger partial charge on any atom is -0.396 e. The van der Waals surface area contributed by atoms with Gasteiger partial charge in [-0.1, -0.05) is 13.8 Å². The average molecular weight is 145 g/mol. The van der Waals surface area contributed by atoms with E-state index in [1.807, 2.05) is 0 Å². The molecule has 0 aliphatic rings. The van der Waals surface area contributed by atoms with Crippen LogP contribution in [0, 0.1) is 0 Å². The molecule has 10 heavy (non-hydrogen) atoms. The lowest BCUT2D eigenvalue weighted by Crippen LogP contribution is -2.23. The van der Waals surface area contributed by atoms with E-state index in [1.54, 1.807) is 0 Å². The van der Waals surface area contributed by atoms with Gasteiger partial charge in [0.25, 0.3) is 0 Å². The van der Waals surface area contributed by atoms with Crippen molar-refractivity contribution in [1.82, 2.24) is 5.32 Å². The maximum absolute atomic E-state index is 8.45. The van der Waals surface area contributed by atoms with Crippen molar-refractivity contribution in [2.24, 2.45) is 0 Å². The van der Waals surface area contributed by atoms with Crippen molar-refractivity contribution in [3.63, 3.8) is 0 Å². The molecule has 62 valence electrons. The first kappa shape index (κ1) is 9.92. The summed E-state index contributed by atoms with van der Waals surface area (Å²) < 4.78 is 0. The Morgan fingerprint density at radius 2 is 1.90 bits per heavy atom. The number of aliphatic hydroxyl groups excluding tert-OH is 1. The summed E-state index contributed by atoms with van der Waals surface area (Å²) in [6.45, 7) is 5.71. The Morgan fingerprint density at radius 1 is 1.20 bits per heavy atom. The summed E-state index contributed by atoms with van der Waals surface area (Å²) in [7, 11) is 0. The number of nitrogens with one attached hydrogen (secondary N) is 1. The van der Waals surface area contributed by atoms with Crippen LogP contribution in [-0.4, -0.2) is 24.3 Å². The predicted molar refractivity (Wildman–Crippen MR) is 44.1 cm³/mol. The highest BCUT2D eigenvalue weighted by atomic mass is 16.2. The maximum Gasteiger partial charge on any atom is 0.0431 e. The lowest BCUT2D eigenvalue weighted by molar-refractivity contribution is 0.282. The second-order valence-electron chi connectivity index (χ2n) is 2.89. The molecule has 0 aromatic carbocycles. The molecule has 0 atom stereocenters. The first-order valence-corrected chi connectivity index (χ1v) is 4.11. The molecule has 0 fully saturated rings. The molecule has 0 rings (SSSR count). The molecule has 0 heterocycles. The van der Waals surface area contributed by atoms with E-state index < -0.39 is 0 Å². The molecule has 2 N–H and O–H groups in total. The Bertz CT molecular complexity index is 64.3. The summed E-state index contributed by atoms with van der Waals surface area (Å²) in [5.74, 6) is 0. The van der Waals surface area contributed by atoms with Gasteiger partial charge in [0.05, 0.1) is 0 Å². The summed E-state index contributed by atoms with van der Waals surface area (Å²) >= 11 is 0. The van der Waals surface area contributed by atoms with E-state index in [-0.39, 0.29) is 0 Å². The quantitative estimate of drug-likeness (QED) is 0.549. The van der Waals surface area contributed by atoms with Crippen molar-refractivity contribution in [2.75, 3.05) is 13.2 Å². The molecule has 0 aromatic heterocycles. The third-order valence-electron chi connectivity index (χ3n) is 1.39. The predicted octanol–water partition coefficient (Wildman–Crippen LogP) is 1.15. The van der Waals surface area contributed by atoms with Crippen LogP contribution in [0.1, 0.15) is 33.1 Å². The number of hydrogen-bond donors (Lipinski definition) is 2. The van der Waals surface area contributed by atoms with Gasteiger partial charge in [0.1, 0.15) is 0 Å². The lowest BCUT2D eigenvalue weighted by Gasteiger charge is -2.06. The van der Waals surface area contributed by atoms with Crippen molar-refractivity contribution in [3.05, 3.63) is 0 Å². The van der Waals surface area contributed by atoms with E-state index in [1.165, 1.54) is 6.42 Å². The standard InChI is InChI=1S/C8H19NO/c1-8(2)9-6-4-3-5-7-10/h8-10H,3-7H2,1-2H3. The van der Waals surface area contributed by atoms with Gasteiger partial charge in [-0.25, -0.2) is 0 Å². The minimum atomic E-state index is 0.335. The van der Waals surface area contributed by atoms with Crippen molar-refractivity contribution in [3.8, 4) is 0 Å². The van der Waals surface area contributed by atoms with E-state index in [4.69, 9.17) is 5.11 Å². The highest BCUT2D eigenvalue weighted by Crippen LogP contribution is 1.92. The maximum atomic E-state index is 8.45. The van der Waals surface area contributed by atoms with E-state index in [0.29, 0.717) is 12.6 Å². The van der Waals surface area contributed by atoms with Gasteiger partial charge in [-0.3, -0.25) is 0 Å². The molecule has 2 nitrogen and oxygen atoms in total. The minimum absolute atomic E-state index is 0.335. The summed E-state index contributed by atoms with van der Waals surface area (Å²) in [6, 6.07) is 0.592. The van der Waals surface area contributed by atoms with Gasteiger partial charge in [-0.05, 0) is 25.8 Å². The molecule has 0 bridgehead atoms. The van der Waals surface area contributed by atoms with Gasteiger partial charge in [0.2, 0.25) is 0 Å². The molecule has 0 aromatic rings. The van der Waals surface area contributed by atoms with Gasteiger partial charge in [-0.15, -0.1) is 0 Å². The van der Waals surface area contributed by atoms with Crippen LogP contribution >= 0.6 is 0 Å². The van der Waals surface area contributed by atoms with Gasteiger partial charge in [-0.2, -0.15) is 0 Å². The zero-order chi connectivity index (χ0) is 7.82. The van der Waals surface area contributed by atoms with Gasteiger partial charge in [0, 0.05) is 12.6 Å². The largest absolute Gasteiger partial charge is 0.396 e.